The van der Waals surface area contributed by atoms with Crippen LogP contribution in [0.5, 0.6) is 0 Å². The van der Waals surface area contributed by atoms with E-state index in [4.69, 9.17) is 9.53 Å². The molecule has 0 aliphatic carbocycles. The Morgan fingerprint density at radius 1 is 0.788 bits per heavy atom. The minimum atomic E-state index is -2.43. The predicted octanol–water partition coefficient (Wildman–Crippen LogP) is 7.59. The molecule has 0 amide bonds. The second-order valence-corrected chi connectivity index (χ2v) is 16.7. The molecule has 2 nitrogen and oxygen atoms in total. The highest BCUT2D eigenvalue weighted by atomic mass is 79.9. The molecule has 1 N–H and O–H groups in total. The monoisotopic (exact) mass is 622 g/mol. The number of rotatable bonds is 6. The summed E-state index contributed by atoms with van der Waals surface area (Å²) < 4.78 is 9.07. The summed E-state index contributed by atoms with van der Waals surface area (Å²) in [5.74, 6) is 0. The van der Waals surface area contributed by atoms with Crippen molar-refractivity contribution in [2.75, 3.05) is 0 Å². The number of aliphatic hydroxyl groups is 1. The van der Waals surface area contributed by atoms with Gasteiger partial charge in [-0.3, -0.25) is 0 Å². The van der Waals surface area contributed by atoms with Crippen LogP contribution < -0.4 is 10.4 Å². The Morgan fingerprint density at radius 2 is 1.24 bits per heavy atom. The zero-order valence-electron chi connectivity index (χ0n) is 18.9. The van der Waals surface area contributed by atoms with Gasteiger partial charge in [0.15, 0.2) is 0 Å². The van der Waals surface area contributed by atoms with Crippen LogP contribution in [0.1, 0.15) is 30.5 Å². The van der Waals surface area contributed by atoms with E-state index in [0.717, 1.165) is 13.8 Å². The molecule has 7 heteroatoms. The summed E-state index contributed by atoms with van der Waals surface area (Å²) >= 11 is 10.1. The Kier molecular flexibility index (Phi) is 9.70. The molecule has 0 fully saturated rings. The van der Waals surface area contributed by atoms with E-state index in [2.05, 4.69) is 125 Å². The fraction of sp³-hybridized carbons (Fsp3) is 0.231. The first kappa shape index (κ1) is 26.5. The summed E-state index contributed by atoms with van der Waals surface area (Å²) in [5.41, 5.74) is 0. The van der Waals surface area contributed by atoms with Gasteiger partial charge in [0, 0.05) is 29.5 Å². The molecule has 2 heterocycles. The van der Waals surface area contributed by atoms with Crippen LogP contribution in [0.15, 0.2) is 92.5 Å². The van der Waals surface area contributed by atoms with Crippen molar-refractivity contribution in [3.05, 3.63) is 102 Å². The fourth-order valence-electron chi connectivity index (χ4n) is 3.81. The topological polar surface area (TPSA) is 29.5 Å². The molecule has 0 saturated carbocycles. The molecular weight excluding hydrogens is 596 g/mol. The average molecular weight is 625 g/mol. The highest BCUT2D eigenvalue weighted by Crippen LogP contribution is 2.37. The maximum atomic E-state index is 8.54. The molecule has 0 saturated heterocycles. The fourth-order valence-corrected chi connectivity index (χ4v) is 11.1. The van der Waals surface area contributed by atoms with Crippen LogP contribution in [0, 0.1) is 0 Å². The second kappa shape index (κ2) is 12.1. The number of aliphatic hydroxyl groups excluding tert-OH is 1. The number of hydrogen-bond acceptors (Lipinski definition) is 4. The van der Waals surface area contributed by atoms with Crippen LogP contribution in [0.4, 0.5) is 0 Å². The van der Waals surface area contributed by atoms with Crippen molar-refractivity contribution in [3.8, 4) is 0 Å². The molecule has 4 aromatic rings. The highest BCUT2D eigenvalue weighted by Gasteiger charge is 2.50. The smallest absolute Gasteiger partial charge is 0.261 e. The maximum absolute atomic E-state index is 8.54. The lowest BCUT2D eigenvalue weighted by Gasteiger charge is -2.43. The van der Waals surface area contributed by atoms with E-state index in [-0.39, 0.29) is 11.6 Å². The lowest BCUT2D eigenvalue weighted by molar-refractivity contribution is 0.285. The molecule has 0 radical (unpaired) electrons. The zero-order valence-corrected chi connectivity index (χ0v) is 24.7. The van der Waals surface area contributed by atoms with Gasteiger partial charge in [0.25, 0.3) is 8.32 Å². The first-order chi connectivity index (χ1) is 15.8. The molecule has 0 atom stereocenters. The molecule has 4 rings (SSSR count). The predicted molar refractivity (Wildman–Crippen MR) is 152 cm³/mol. The van der Waals surface area contributed by atoms with E-state index in [1.807, 2.05) is 11.4 Å². The summed E-state index contributed by atoms with van der Waals surface area (Å²) in [6.07, 6.45) is 0. The van der Waals surface area contributed by atoms with Gasteiger partial charge >= 0.3 is 0 Å². The molecule has 0 spiro atoms. The minimum Gasteiger partial charge on any atom is -0.402 e. The highest BCUT2D eigenvalue weighted by molar-refractivity contribution is 9.10. The summed E-state index contributed by atoms with van der Waals surface area (Å²) in [5, 5.41) is 15.3. The molecule has 2 aromatic heterocycles. The van der Waals surface area contributed by atoms with Crippen molar-refractivity contribution >= 4 is 73.2 Å². The summed E-state index contributed by atoms with van der Waals surface area (Å²) in [6, 6.07) is 25.6. The lowest BCUT2D eigenvalue weighted by Crippen LogP contribution is -2.66. The van der Waals surface area contributed by atoms with E-state index in [1.54, 1.807) is 22.7 Å². The molecule has 33 heavy (non-hydrogen) atoms. The molecule has 0 bridgehead atoms. The van der Waals surface area contributed by atoms with Crippen LogP contribution in [-0.4, -0.2) is 13.4 Å². The van der Waals surface area contributed by atoms with Gasteiger partial charge < -0.3 is 9.53 Å². The van der Waals surface area contributed by atoms with Crippen LogP contribution in [0.25, 0.3) is 0 Å². The molecular formula is C26H28Br2O2S2Si. The first-order valence-corrected chi connectivity index (χ1v) is 15.8. The van der Waals surface area contributed by atoms with Crippen molar-refractivity contribution in [1.82, 2.24) is 0 Å². The summed E-state index contributed by atoms with van der Waals surface area (Å²) in [4.78, 5) is 2.25. The van der Waals surface area contributed by atoms with Gasteiger partial charge in [-0.25, -0.2) is 0 Å². The zero-order chi connectivity index (χ0) is 23.9. The minimum absolute atomic E-state index is 0.0181. The SMILES string of the molecule is CC(C)(C)[Si](OCc1cc(Br)cs1)(c1ccccc1)c1ccccc1.OCc1cc(Br)cs1. The molecule has 174 valence electrons. The maximum Gasteiger partial charge on any atom is 0.261 e. The van der Waals surface area contributed by atoms with E-state index < -0.39 is 8.32 Å². The third kappa shape index (κ3) is 6.75. The standard InChI is InChI=1S/C21H23BrOSSi.C5H5BrOS/c1-21(2,3)25(19-10-6-4-7-11-19,20-12-8-5-9-13-20)23-15-18-14-17(22)16-24-18;6-4-1-5(2-7)8-3-4/h4-14,16H,15H2,1-3H3;1,3,7H,2H2. The van der Waals surface area contributed by atoms with Crippen molar-refractivity contribution in [2.24, 2.45) is 0 Å². The van der Waals surface area contributed by atoms with Gasteiger partial charge in [-0.15, -0.1) is 22.7 Å². The van der Waals surface area contributed by atoms with E-state index in [1.165, 1.54) is 15.3 Å². The Labute approximate surface area is 222 Å². The van der Waals surface area contributed by atoms with E-state index >= 15 is 0 Å². The molecule has 0 unspecified atom stereocenters. The molecule has 0 aliphatic rings. The summed E-state index contributed by atoms with van der Waals surface area (Å²) in [7, 11) is -2.43. The quantitative estimate of drug-likeness (QED) is 0.224. The van der Waals surface area contributed by atoms with Crippen LogP contribution >= 0.6 is 54.5 Å². The van der Waals surface area contributed by atoms with Crippen LogP contribution in [-0.2, 0) is 17.6 Å². The largest absolute Gasteiger partial charge is 0.402 e. The third-order valence-corrected chi connectivity index (χ3v) is 13.6. The second-order valence-electron chi connectivity index (χ2n) is 8.57. The van der Waals surface area contributed by atoms with Gasteiger partial charge in [-0.2, -0.15) is 0 Å². The molecule has 2 aromatic carbocycles. The Balaban J connectivity index is 0.000000323. The van der Waals surface area contributed by atoms with Crippen molar-refractivity contribution in [3.63, 3.8) is 0 Å². The third-order valence-electron chi connectivity index (χ3n) is 5.25. The average Bonchev–Trinajstić information content (AvgIpc) is 3.43. The number of thiophene rings is 2. The van der Waals surface area contributed by atoms with Crippen molar-refractivity contribution in [2.45, 2.75) is 39.0 Å². The van der Waals surface area contributed by atoms with Crippen LogP contribution in [0.2, 0.25) is 5.04 Å². The molecule has 0 aliphatic heterocycles. The van der Waals surface area contributed by atoms with Crippen molar-refractivity contribution in [1.29, 1.82) is 0 Å². The lowest BCUT2D eigenvalue weighted by atomic mass is 10.2. The Hall–Kier alpha value is -1.06. The first-order valence-electron chi connectivity index (χ1n) is 10.6. The van der Waals surface area contributed by atoms with Gasteiger partial charge in [0.1, 0.15) is 0 Å². The summed E-state index contributed by atoms with van der Waals surface area (Å²) in [6.45, 7) is 7.72. The normalized spacial score (nSPS) is 11.7. The Morgan fingerprint density at radius 3 is 1.58 bits per heavy atom. The number of benzene rings is 2. The van der Waals surface area contributed by atoms with Gasteiger partial charge in [-0.1, -0.05) is 81.4 Å². The van der Waals surface area contributed by atoms with Gasteiger partial charge in [-0.05, 0) is 59.4 Å². The number of halogens is 2. The Bertz CT molecular complexity index is 1080. The van der Waals surface area contributed by atoms with Gasteiger partial charge in [0.05, 0.1) is 13.2 Å². The number of hydrogen-bond donors (Lipinski definition) is 1. The van der Waals surface area contributed by atoms with Crippen LogP contribution in [0.3, 0.4) is 0 Å². The van der Waals surface area contributed by atoms with E-state index in [9.17, 15) is 0 Å². The van der Waals surface area contributed by atoms with Crippen molar-refractivity contribution < 1.29 is 9.53 Å². The van der Waals surface area contributed by atoms with Gasteiger partial charge in [0.2, 0.25) is 0 Å². The van der Waals surface area contributed by atoms with E-state index in [0.29, 0.717) is 6.61 Å².